The van der Waals surface area contributed by atoms with Crippen molar-refractivity contribution in [2.24, 2.45) is 23.2 Å². The molecule has 5 fully saturated rings. The standard InChI is InChI=1S/C27H38N4S/c1-2-9-31(10-3-1)17-23-29-25(24-21-5-4-6-22(21)32-26(24)30-23)28-8-7-27-14-18-11-19(15-27)13-20(12-18)16-27/h18-20H,1-17H2,(H,28,29,30). The molecule has 8 rings (SSSR count). The number of likely N-dealkylation sites (tertiary alicyclic amines) is 1. The van der Waals surface area contributed by atoms with Crippen LogP contribution >= 0.6 is 11.3 Å². The Morgan fingerprint density at radius 1 is 0.906 bits per heavy atom. The largest absolute Gasteiger partial charge is 0.369 e. The summed E-state index contributed by atoms with van der Waals surface area (Å²) < 4.78 is 0. The van der Waals surface area contributed by atoms with Crippen LogP contribution in [0.15, 0.2) is 0 Å². The molecule has 0 unspecified atom stereocenters. The second-order valence-corrected chi connectivity index (χ2v) is 13.0. The van der Waals surface area contributed by atoms with Crippen LogP contribution in [0.4, 0.5) is 5.82 Å². The third-order valence-corrected chi connectivity index (χ3v) is 10.7. The zero-order chi connectivity index (χ0) is 21.1. The number of nitrogens with one attached hydrogen (secondary N) is 1. The van der Waals surface area contributed by atoms with Crippen molar-refractivity contribution in [2.45, 2.75) is 90.0 Å². The topological polar surface area (TPSA) is 41.1 Å². The summed E-state index contributed by atoms with van der Waals surface area (Å²) in [7, 11) is 0. The highest BCUT2D eigenvalue weighted by molar-refractivity contribution is 7.19. The van der Waals surface area contributed by atoms with E-state index in [1.54, 1.807) is 29.7 Å². The number of hydrogen-bond acceptors (Lipinski definition) is 5. The van der Waals surface area contributed by atoms with Crippen molar-refractivity contribution in [3.8, 4) is 0 Å². The van der Waals surface area contributed by atoms with E-state index in [1.165, 1.54) is 87.5 Å². The molecule has 0 atom stereocenters. The van der Waals surface area contributed by atoms with Gasteiger partial charge in [0.1, 0.15) is 16.5 Å². The SMILES string of the molecule is C1CCN(Cc2nc(NCCC34CC5CC(CC(C5)C3)C4)c3c4c(sc3n2)CCC4)CC1. The monoisotopic (exact) mass is 450 g/mol. The molecule has 1 N–H and O–H groups in total. The number of anilines is 1. The van der Waals surface area contributed by atoms with Gasteiger partial charge in [-0.25, -0.2) is 9.97 Å². The predicted octanol–water partition coefficient (Wildman–Crippen LogP) is 6.18. The zero-order valence-electron chi connectivity index (χ0n) is 19.5. The van der Waals surface area contributed by atoms with Crippen molar-refractivity contribution in [3.05, 3.63) is 16.3 Å². The van der Waals surface area contributed by atoms with E-state index in [1.807, 2.05) is 11.3 Å². The van der Waals surface area contributed by atoms with Gasteiger partial charge in [-0.15, -0.1) is 11.3 Å². The molecular weight excluding hydrogens is 412 g/mol. The molecule has 2 aromatic rings. The van der Waals surface area contributed by atoms with E-state index in [4.69, 9.17) is 9.97 Å². The summed E-state index contributed by atoms with van der Waals surface area (Å²) >= 11 is 1.95. The minimum absolute atomic E-state index is 0.640. The smallest absolute Gasteiger partial charge is 0.146 e. The Labute approximate surface area is 196 Å². The van der Waals surface area contributed by atoms with Gasteiger partial charge < -0.3 is 5.32 Å². The summed E-state index contributed by atoms with van der Waals surface area (Å²) in [6, 6.07) is 0. The molecule has 0 aromatic carbocycles. The van der Waals surface area contributed by atoms with Crippen LogP contribution < -0.4 is 5.32 Å². The molecule has 5 heteroatoms. The molecule has 4 bridgehead atoms. The number of aromatic nitrogens is 2. The van der Waals surface area contributed by atoms with Crippen LogP contribution in [0.3, 0.4) is 0 Å². The first kappa shape index (κ1) is 20.2. The maximum atomic E-state index is 5.17. The lowest BCUT2D eigenvalue weighted by molar-refractivity contribution is -0.0552. The van der Waals surface area contributed by atoms with Crippen LogP contribution in [0.1, 0.15) is 86.9 Å². The molecule has 4 nitrogen and oxygen atoms in total. The van der Waals surface area contributed by atoms with Crippen molar-refractivity contribution >= 4 is 27.4 Å². The van der Waals surface area contributed by atoms with Gasteiger partial charge >= 0.3 is 0 Å². The van der Waals surface area contributed by atoms with E-state index in [9.17, 15) is 0 Å². The molecule has 5 aliphatic carbocycles. The number of fused-ring (bicyclic) bond motifs is 3. The zero-order valence-corrected chi connectivity index (χ0v) is 20.3. The van der Waals surface area contributed by atoms with Crippen molar-refractivity contribution in [3.63, 3.8) is 0 Å². The third-order valence-electron chi connectivity index (χ3n) is 9.54. The minimum atomic E-state index is 0.640. The van der Waals surface area contributed by atoms with E-state index in [0.717, 1.165) is 42.5 Å². The van der Waals surface area contributed by atoms with E-state index in [-0.39, 0.29) is 0 Å². The quantitative estimate of drug-likeness (QED) is 0.570. The number of nitrogens with zero attached hydrogens (tertiary/aromatic N) is 3. The fraction of sp³-hybridized carbons (Fsp3) is 0.778. The highest BCUT2D eigenvalue weighted by Gasteiger charge is 2.50. The van der Waals surface area contributed by atoms with Crippen LogP contribution in [0, 0.1) is 23.2 Å². The summed E-state index contributed by atoms with van der Waals surface area (Å²) in [6.07, 6.45) is 18.3. The average molecular weight is 451 g/mol. The van der Waals surface area contributed by atoms with E-state index < -0.39 is 0 Å². The number of thiophene rings is 1. The molecule has 6 aliphatic rings. The third kappa shape index (κ3) is 3.58. The van der Waals surface area contributed by atoms with Crippen LogP contribution in [0.25, 0.3) is 10.2 Å². The normalized spacial score (nSPS) is 33.8. The van der Waals surface area contributed by atoms with Gasteiger partial charge in [0.15, 0.2) is 0 Å². The summed E-state index contributed by atoms with van der Waals surface area (Å²) in [5, 5.41) is 5.26. The Bertz CT molecular complexity index is 969. The average Bonchev–Trinajstić information content (AvgIpc) is 3.34. The molecule has 1 aliphatic heterocycles. The lowest BCUT2D eigenvalue weighted by atomic mass is 9.49. The van der Waals surface area contributed by atoms with Gasteiger partial charge in [0.05, 0.1) is 11.9 Å². The summed E-state index contributed by atoms with van der Waals surface area (Å²) in [4.78, 5) is 15.6. The fourth-order valence-corrected chi connectivity index (χ4v) is 9.88. The van der Waals surface area contributed by atoms with Crippen molar-refractivity contribution < 1.29 is 0 Å². The van der Waals surface area contributed by atoms with Gasteiger partial charge in [-0.1, -0.05) is 6.42 Å². The Morgan fingerprint density at radius 2 is 1.66 bits per heavy atom. The van der Waals surface area contributed by atoms with E-state index in [2.05, 4.69) is 10.2 Å². The van der Waals surface area contributed by atoms with Crippen LogP contribution in [0.2, 0.25) is 0 Å². The van der Waals surface area contributed by atoms with Gasteiger partial charge in [0.25, 0.3) is 0 Å². The minimum Gasteiger partial charge on any atom is -0.369 e. The Morgan fingerprint density at radius 3 is 2.41 bits per heavy atom. The molecule has 1 saturated heterocycles. The van der Waals surface area contributed by atoms with Crippen molar-refractivity contribution in [1.82, 2.24) is 14.9 Å². The van der Waals surface area contributed by atoms with Gasteiger partial charge in [-0.05, 0) is 119 Å². The van der Waals surface area contributed by atoms with Gasteiger partial charge in [0.2, 0.25) is 0 Å². The first-order valence-electron chi connectivity index (χ1n) is 13.5. The lowest BCUT2D eigenvalue weighted by Crippen LogP contribution is -2.46. The molecule has 172 valence electrons. The molecular formula is C27H38N4S. The first-order chi connectivity index (χ1) is 15.7. The summed E-state index contributed by atoms with van der Waals surface area (Å²) in [5.41, 5.74) is 2.20. The second kappa shape index (κ2) is 7.94. The Balaban J connectivity index is 1.13. The highest BCUT2D eigenvalue weighted by Crippen LogP contribution is 2.61. The van der Waals surface area contributed by atoms with Crippen LogP contribution in [-0.2, 0) is 19.4 Å². The van der Waals surface area contributed by atoms with E-state index in [0.29, 0.717) is 5.41 Å². The fourth-order valence-electron chi connectivity index (χ4n) is 8.60. The van der Waals surface area contributed by atoms with Crippen LogP contribution in [0.5, 0.6) is 0 Å². The highest BCUT2D eigenvalue weighted by atomic mass is 32.1. The summed E-state index contributed by atoms with van der Waals surface area (Å²) in [6.45, 7) is 4.42. The first-order valence-corrected chi connectivity index (χ1v) is 14.3. The molecule has 4 saturated carbocycles. The molecule has 3 heterocycles. The maximum Gasteiger partial charge on any atom is 0.146 e. The van der Waals surface area contributed by atoms with Gasteiger partial charge in [-0.3, -0.25) is 4.90 Å². The number of rotatable bonds is 6. The molecule has 0 amide bonds. The lowest BCUT2D eigenvalue weighted by Gasteiger charge is -2.57. The van der Waals surface area contributed by atoms with E-state index >= 15 is 0 Å². The molecule has 0 radical (unpaired) electrons. The predicted molar refractivity (Wildman–Crippen MR) is 132 cm³/mol. The molecule has 32 heavy (non-hydrogen) atoms. The Kier molecular flexibility index (Phi) is 5.01. The second-order valence-electron chi connectivity index (χ2n) is 12.0. The number of hydrogen-bond donors (Lipinski definition) is 1. The van der Waals surface area contributed by atoms with Crippen molar-refractivity contribution in [1.29, 1.82) is 0 Å². The van der Waals surface area contributed by atoms with Crippen molar-refractivity contribution in [2.75, 3.05) is 25.0 Å². The number of piperidine rings is 1. The Hall–Kier alpha value is -1.20. The molecule has 2 aromatic heterocycles. The summed E-state index contributed by atoms with van der Waals surface area (Å²) in [5.74, 6) is 5.33. The molecule has 0 spiro atoms. The van der Waals surface area contributed by atoms with Crippen LogP contribution in [-0.4, -0.2) is 34.5 Å². The van der Waals surface area contributed by atoms with Gasteiger partial charge in [-0.2, -0.15) is 0 Å². The van der Waals surface area contributed by atoms with Gasteiger partial charge in [0, 0.05) is 11.4 Å². The maximum absolute atomic E-state index is 5.17. The number of aryl methyl sites for hydroxylation is 2.